The predicted octanol–water partition coefficient (Wildman–Crippen LogP) is 4.52. The Morgan fingerprint density at radius 2 is 1.94 bits per heavy atom. The SMILES string of the molecule is [2H]C([2H])(C1CCOCC1(C)C)N1CC2CC(Nc3ccc(-c4ccc5nn(C)cc5c4C)nn3)CC2C1. The lowest BCUT2D eigenvalue weighted by molar-refractivity contribution is -0.0409. The first-order valence-electron chi connectivity index (χ1n) is 14.0. The Kier molecular flexibility index (Phi) is 5.23. The zero-order valence-electron chi connectivity index (χ0n) is 23.3. The number of likely N-dealkylation sites (tertiary alicyclic amines) is 1. The highest BCUT2D eigenvalue weighted by atomic mass is 16.5. The molecule has 1 saturated carbocycles. The maximum absolute atomic E-state index is 9.03. The van der Waals surface area contributed by atoms with Gasteiger partial charge >= 0.3 is 0 Å². The molecule has 3 atom stereocenters. The summed E-state index contributed by atoms with van der Waals surface area (Å²) >= 11 is 0. The molecule has 2 saturated heterocycles. The third kappa shape index (κ3) is 4.45. The lowest BCUT2D eigenvalue weighted by Gasteiger charge is -2.40. The third-order valence-electron chi connectivity index (χ3n) is 8.42. The Morgan fingerprint density at radius 1 is 1.14 bits per heavy atom. The first-order valence-corrected chi connectivity index (χ1v) is 13.0. The van der Waals surface area contributed by atoms with Crippen LogP contribution in [0.15, 0.2) is 30.5 Å². The average molecular weight is 477 g/mol. The zero-order chi connectivity index (χ0) is 25.9. The van der Waals surface area contributed by atoms with Crippen LogP contribution < -0.4 is 5.32 Å². The van der Waals surface area contributed by atoms with Crippen LogP contribution in [0.1, 0.15) is 41.4 Å². The Labute approximate surface area is 211 Å². The first kappa shape index (κ1) is 20.7. The van der Waals surface area contributed by atoms with E-state index in [0.717, 1.165) is 65.9 Å². The summed E-state index contributed by atoms with van der Waals surface area (Å²) in [5, 5.41) is 18.3. The van der Waals surface area contributed by atoms with Gasteiger partial charge < -0.3 is 15.0 Å². The molecule has 35 heavy (non-hydrogen) atoms. The quantitative estimate of drug-likeness (QED) is 0.584. The van der Waals surface area contributed by atoms with Crippen molar-refractivity contribution in [3.05, 3.63) is 36.0 Å². The Balaban J connectivity index is 1.08. The third-order valence-corrected chi connectivity index (χ3v) is 8.42. The van der Waals surface area contributed by atoms with Crippen LogP contribution in [-0.2, 0) is 11.8 Å². The van der Waals surface area contributed by atoms with E-state index in [9.17, 15) is 0 Å². The van der Waals surface area contributed by atoms with Crippen LogP contribution in [0.25, 0.3) is 22.2 Å². The van der Waals surface area contributed by atoms with Crippen molar-refractivity contribution in [1.29, 1.82) is 0 Å². The van der Waals surface area contributed by atoms with Gasteiger partial charge in [-0.05, 0) is 73.1 Å². The maximum atomic E-state index is 9.03. The molecule has 4 heterocycles. The van der Waals surface area contributed by atoms with Crippen LogP contribution in [0.2, 0.25) is 0 Å². The lowest BCUT2D eigenvalue weighted by atomic mass is 9.76. The number of rotatable bonds is 5. The molecule has 2 aliphatic heterocycles. The van der Waals surface area contributed by atoms with E-state index in [1.807, 2.05) is 36.1 Å². The molecule has 3 aliphatic rings. The number of hydrogen-bond donors (Lipinski definition) is 1. The second-order valence-electron chi connectivity index (χ2n) is 11.5. The molecule has 0 spiro atoms. The van der Waals surface area contributed by atoms with Gasteiger partial charge in [0.05, 0.1) is 17.8 Å². The highest BCUT2D eigenvalue weighted by Gasteiger charge is 2.43. The van der Waals surface area contributed by atoms with Crippen molar-refractivity contribution < 1.29 is 7.48 Å². The maximum Gasteiger partial charge on any atom is 0.148 e. The summed E-state index contributed by atoms with van der Waals surface area (Å²) in [5.41, 5.74) is 3.96. The molecular formula is C28H38N6O. The van der Waals surface area contributed by atoms with Crippen molar-refractivity contribution in [2.75, 3.05) is 38.1 Å². The first-order chi connectivity index (χ1) is 17.6. The van der Waals surface area contributed by atoms with Crippen molar-refractivity contribution in [3.8, 4) is 11.3 Å². The normalized spacial score (nSPS) is 29.7. The van der Waals surface area contributed by atoms with Gasteiger partial charge in [0, 0.05) is 59.2 Å². The van der Waals surface area contributed by atoms with Crippen LogP contribution in [0, 0.1) is 30.1 Å². The lowest BCUT2D eigenvalue weighted by Crippen LogP contribution is -2.42. The number of ether oxygens (including phenoxy) is 1. The Morgan fingerprint density at radius 3 is 2.66 bits per heavy atom. The largest absolute Gasteiger partial charge is 0.381 e. The van der Waals surface area contributed by atoms with Gasteiger partial charge in [0.25, 0.3) is 0 Å². The Bertz CT molecular complexity index is 1280. The molecule has 6 rings (SSSR count). The summed E-state index contributed by atoms with van der Waals surface area (Å²) in [6.07, 6.45) is 4.94. The molecule has 0 bridgehead atoms. The number of fused-ring (bicyclic) bond motifs is 2. The molecule has 7 heteroatoms. The van der Waals surface area contributed by atoms with Gasteiger partial charge in [-0.2, -0.15) is 5.10 Å². The van der Waals surface area contributed by atoms with Crippen LogP contribution in [0.5, 0.6) is 0 Å². The van der Waals surface area contributed by atoms with Gasteiger partial charge in [-0.25, -0.2) is 0 Å². The van der Waals surface area contributed by atoms with Gasteiger partial charge in [0.15, 0.2) is 0 Å². The molecule has 3 unspecified atom stereocenters. The molecular weight excluding hydrogens is 436 g/mol. The molecule has 7 nitrogen and oxygen atoms in total. The van der Waals surface area contributed by atoms with E-state index in [1.165, 1.54) is 0 Å². The zero-order valence-corrected chi connectivity index (χ0v) is 21.3. The van der Waals surface area contributed by atoms with E-state index in [4.69, 9.17) is 7.48 Å². The van der Waals surface area contributed by atoms with Gasteiger partial charge in [-0.1, -0.05) is 19.9 Å². The van der Waals surface area contributed by atoms with Crippen LogP contribution >= 0.6 is 0 Å². The number of benzene rings is 1. The van der Waals surface area contributed by atoms with E-state index in [0.29, 0.717) is 31.1 Å². The summed E-state index contributed by atoms with van der Waals surface area (Å²) in [6, 6.07) is 8.54. The molecule has 186 valence electrons. The monoisotopic (exact) mass is 476 g/mol. The molecule has 1 aromatic carbocycles. The fourth-order valence-electron chi connectivity index (χ4n) is 6.40. The Hall–Kier alpha value is -2.51. The minimum absolute atomic E-state index is 0.00205. The van der Waals surface area contributed by atoms with E-state index in [2.05, 4.69) is 52.4 Å². The average Bonchev–Trinajstić information content (AvgIpc) is 3.53. The molecule has 3 fully saturated rings. The number of aryl methyl sites for hydroxylation is 2. The second kappa shape index (κ2) is 8.86. The van der Waals surface area contributed by atoms with Crippen molar-refractivity contribution >= 4 is 16.7 Å². The summed E-state index contributed by atoms with van der Waals surface area (Å²) in [5.74, 6) is 1.86. The molecule has 2 aromatic heterocycles. The number of nitrogens with one attached hydrogen (secondary N) is 1. The van der Waals surface area contributed by atoms with E-state index in [1.54, 1.807) is 0 Å². The minimum atomic E-state index is -1.29. The number of aromatic nitrogens is 4. The van der Waals surface area contributed by atoms with Gasteiger partial charge in [0.1, 0.15) is 5.82 Å². The molecule has 0 radical (unpaired) electrons. The van der Waals surface area contributed by atoms with Crippen molar-refractivity contribution in [3.63, 3.8) is 0 Å². The van der Waals surface area contributed by atoms with Crippen LogP contribution in [-0.4, -0.2) is 63.7 Å². The van der Waals surface area contributed by atoms with E-state index < -0.39 is 6.50 Å². The van der Waals surface area contributed by atoms with E-state index in [-0.39, 0.29) is 11.3 Å². The van der Waals surface area contributed by atoms with Crippen molar-refractivity contribution in [2.24, 2.45) is 30.2 Å². The molecule has 1 aliphatic carbocycles. The fourth-order valence-corrected chi connectivity index (χ4v) is 6.40. The standard InChI is InChI=1S/C28H38N6O/c1-18-23(5-6-26-24(18)16-33(4)32-26)25-7-8-27(31-30-25)29-22-11-19-13-34(14-20(19)12-22)15-21-9-10-35-17-28(21,2)3/h5-8,16,19-22H,9-15,17H2,1-4H3,(H,29,31)/i15D2. The number of hydrogen-bond acceptors (Lipinski definition) is 6. The molecule has 0 amide bonds. The molecule has 3 aromatic rings. The summed E-state index contributed by atoms with van der Waals surface area (Å²) in [4.78, 5) is 2.13. The fraction of sp³-hybridized carbons (Fsp3) is 0.607. The van der Waals surface area contributed by atoms with Gasteiger partial charge in [-0.15, -0.1) is 10.2 Å². The summed E-state index contributed by atoms with van der Waals surface area (Å²) < 4.78 is 25.6. The number of anilines is 1. The van der Waals surface area contributed by atoms with Crippen molar-refractivity contribution in [1.82, 2.24) is 24.9 Å². The van der Waals surface area contributed by atoms with E-state index >= 15 is 0 Å². The topological polar surface area (TPSA) is 68.1 Å². The highest BCUT2D eigenvalue weighted by Crippen LogP contribution is 2.41. The summed E-state index contributed by atoms with van der Waals surface area (Å²) in [6.45, 7) is 8.10. The van der Waals surface area contributed by atoms with Crippen molar-refractivity contribution in [2.45, 2.75) is 46.1 Å². The minimum Gasteiger partial charge on any atom is -0.381 e. The highest BCUT2D eigenvalue weighted by molar-refractivity contribution is 5.88. The van der Waals surface area contributed by atoms with Crippen LogP contribution in [0.4, 0.5) is 5.82 Å². The second-order valence-corrected chi connectivity index (χ2v) is 11.5. The molecule has 1 N–H and O–H groups in total. The smallest absolute Gasteiger partial charge is 0.148 e. The number of nitrogens with zero attached hydrogens (tertiary/aromatic N) is 5. The summed E-state index contributed by atoms with van der Waals surface area (Å²) in [7, 11) is 1.94. The van der Waals surface area contributed by atoms with Gasteiger partial charge in [-0.3, -0.25) is 4.68 Å². The predicted molar refractivity (Wildman–Crippen MR) is 139 cm³/mol. The van der Waals surface area contributed by atoms with Crippen LogP contribution in [0.3, 0.4) is 0 Å². The van der Waals surface area contributed by atoms with Gasteiger partial charge in [0.2, 0.25) is 0 Å².